The summed E-state index contributed by atoms with van der Waals surface area (Å²) in [5.74, 6) is 0. The van der Waals surface area contributed by atoms with Crippen molar-refractivity contribution in [1.82, 2.24) is 4.98 Å². The molecule has 0 fully saturated rings. The summed E-state index contributed by atoms with van der Waals surface area (Å²) >= 11 is 5.81. The number of pyridine rings is 1. The van der Waals surface area contributed by atoms with Gasteiger partial charge in [-0.05, 0) is 12.1 Å². The summed E-state index contributed by atoms with van der Waals surface area (Å²) in [4.78, 5) is 3.97. The van der Waals surface area contributed by atoms with E-state index in [2.05, 4.69) is 4.98 Å². The van der Waals surface area contributed by atoms with Crippen molar-refractivity contribution in [2.75, 3.05) is 5.73 Å². The molecule has 12 heavy (non-hydrogen) atoms. The van der Waals surface area contributed by atoms with E-state index in [1.165, 1.54) is 0 Å². The van der Waals surface area contributed by atoms with Gasteiger partial charge in [0.2, 0.25) is 0 Å². The highest BCUT2D eigenvalue weighted by Crippen LogP contribution is 2.22. The predicted molar refractivity (Wildman–Crippen MR) is 51.2 cm³/mol. The normalized spacial score (nSPS) is 10.4. The Kier molecular flexibility index (Phi) is 1.62. The zero-order valence-electron chi connectivity index (χ0n) is 6.29. The Labute approximate surface area is 75.0 Å². The highest BCUT2D eigenvalue weighted by Gasteiger charge is 1.97. The van der Waals surface area contributed by atoms with E-state index in [1.807, 2.05) is 18.2 Å². The Hall–Kier alpha value is -1.28. The third kappa shape index (κ3) is 1.10. The van der Waals surface area contributed by atoms with Gasteiger partial charge in [0.15, 0.2) is 0 Å². The molecule has 0 spiro atoms. The number of nitrogen functional groups attached to an aromatic ring is 1. The fraction of sp³-hybridized carbons (Fsp3) is 0. The van der Waals surface area contributed by atoms with Gasteiger partial charge in [-0.15, -0.1) is 0 Å². The van der Waals surface area contributed by atoms with Crippen LogP contribution in [0.15, 0.2) is 30.6 Å². The predicted octanol–water partition coefficient (Wildman–Crippen LogP) is 2.47. The van der Waals surface area contributed by atoms with E-state index in [0.29, 0.717) is 10.7 Å². The molecule has 1 aromatic carbocycles. The number of aromatic nitrogens is 1. The standard InChI is InChI=1S/C9H7ClN2/c10-7-2-1-6-4-12-5-9(11)8(6)3-7/h1-5H,11H2. The van der Waals surface area contributed by atoms with Crippen LogP contribution in [0.2, 0.25) is 5.02 Å². The average Bonchev–Trinajstić information content (AvgIpc) is 2.07. The first-order valence-electron chi connectivity index (χ1n) is 3.56. The molecule has 2 aromatic rings. The topological polar surface area (TPSA) is 38.9 Å². The highest BCUT2D eigenvalue weighted by molar-refractivity contribution is 6.31. The summed E-state index contributed by atoms with van der Waals surface area (Å²) in [5, 5.41) is 2.66. The van der Waals surface area contributed by atoms with Gasteiger partial charge in [0, 0.05) is 22.0 Å². The molecule has 1 aromatic heterocycles. The zero-order valence-corrected chi connectivity index (χ0v) is 7.05. The minimum Gasteiger partial charge on any atom is -0.397 e. The van der Waals surface area contributed by atoms with Crippen LogP contribution in [-0.2, 0) is 0 Å². The average molecular weight is 179 g/mol. The molecule has 1 heterocycles. The van der Waals surface area contributed by atoms with Crippen molar-refractivity contribution in [3.05, 3.63) is 35.6 Å². The lowest BCUT2D eigenvalue weighted by atomic mass is 10.1. The quantitative estimate of drug-likeness (QED) is 0.673. The number of benzene rings is 1. The molecular weight excluding hydrogens is 172 g/mol. The van der Waals surface area contributed by atoms with Crippen molar-refractivity contribution in [2.24, 2.45) is 0 Å². The molecule has 0 aliphatic carbocycles. The van der Waals surface area contributed by atoms with Crippen LogP contribution in [0, 0.1) is 0 Å². The molecular formula is C9H7ClN2. The summed E-state index contributed by atoms with van der Waals surface area (Å²) in [7, 11) is 0. The van der Waals surface area contributed by atoms with Gasteiger partial charge in [0.25, 0.3) is 0 Å². The first kappa shape index (κ1) is 7.37. The van der Waals surface area contributed by atoms with E-state index >= 15 is 0 Å². The fourth-order valence-electron chi connectivity index (χ4n) is 1.16. The second kappa shape index (κ2) is 2.64. The van der Waals surface area contributed by atoms with Crippen LogP contribution >= 0.6 is 11.6 Å². The number of rotatable bonds is 0. The summed E-state index contributed by atoms with van der Waals surface area (Å²) in [6.45, 7) is 0. The second-order valence-electron chi connectivity index (χ2n) is 2.59. The molecule has 2 rings (SSSR count). The van der Waals surface area contributed by atoms with Crippen LogP contribution in [0.25, 0.3) is 10.8 Å². The number of anilines is 1. The molecule has 0 saturated heterocycles. The Bertz CT molecular complexity index is 426. The number of nitrogens with zero attached hydrogens (tertiary/aromatic N) is 1. The van der Waals surface area contributed by atoms with Crippen LogP contribution in [0.3, 0.4) is 0 Å². The minimum absolute atomic E-state index is 0.662. The molecule has 0 radical (unpaired) electrons. The van der Waals surface area contributed by atoms with E-state index in [0.717, 1.165) is 10.8 Å². The molecule has 0 aliphatic rings. The van der Waals surface area contributed by atoms with Gasteiger partial charge in [-0.3, -0.25) is 4.98 Å². The fourth-order valence-corrected chi connectivity index (χ4v) is 1.33. The maximum absolute atomic E-state index is 5.81. The lowest BCUT2D eigenvalue weighted by Crippen LogP contribution is -1.87. The third-order valence-corrected chi connectivity index (χ3v) is 1.99. The molecule has 0 bridgehead atoms. The number of nitrogens with two attached hydrogens (primary N) is 1. The minimum atomic E-state index is 0.662. The number of halogens is 1. The molecule has 0 amide bonds. The molecule has 0 atom stereocenters. The van der Waals surface area contributed by atoms with Gasteiger partial charge >= 0.3 is 0 Å². The molecule has 3 heteroatoms. The van der Waals surface area contributed by atoms with Gasteiger partial charge in [-0.25, -0.2) is 0 Å². The summed E-state index contributed by atoms with van der Waals surface area (Å²) in [6.07, 6.45) is 3.39. The van der Waals surface area contributed by atoms with Crippen molar-refractivity contribution in [3.63, 3.8) is 0 Å². The van der Waals surface area contributed by atoms with Crippen molar-refractivity contribution in [3.8, 4) is 0 Å². The Balaban J connectivity index is 2.88. The van der Waals surface area contributed by atoms with Crippen LogP contribution in [-0.4, -0.2) is 4.98 Å². The van der Waals surface area contributed by atoms with Crippen LogP contribution < -0.4 is 5.73 Å². The van der Waals surface area contributed by atoms with E-state index < -0.39 is 0 Å². The lowest BCUT2D eigenvalue weighted by molar-refractivity contribution is 1.37. The van der Waals surface area contributed by atoms with E-state index in [4.69, 9.17) is 17.3 Å². The van der Waals surface area contributed by atoms with Gasteiger partial charge < -0.3 is 5.73 Å². The largest absolute Gasteiger partial charge is 0.397 e. The zero-order chi connectivity index (χ0) is 8.55. The van der Waals surface area contributed by atoms with Crippen LogP contribution in [0.1, 0.15) is 0 Å². The van der Waals surface area contributed by atoms with Crippen molar-refractivity contribution >= 4 is 28.1 Å². The van der Waals surface area contributed by atoms with E-state index in [9.17, 15) is 0 Å². The monoisotopic (exact) mass is 178 g/mol. The maximum Gasteiger partial charge on any atom is 0.0580 e. The molecule has 0 saturated carbocycles. The molecule has 2 N–H and O–H groups in total. The van der Waals surface area contributed by atoms with Crippen LogP contribution in [0.5, 0.6) is 0 Å². The van der Waals surface area contributed by atoms with Crippen molar-refractivity contribution < 1.29 is 0 Å². The Morgan fingerprint density at radius 1 is 1.25 bits per heavy atom. The lowest BCUT2D eigenvalue weighted by Gasteiger charge is -2.00. The van der Waals surface area contributed by atoms with E-state index in [1.54, 1.807) is 12.4 Å². The second-order valence-corrected chi connectivity index (χ2v) is 3.03. The summed E-state index contributed by atoms with van der Waals surface area (Å²) in [5.41, 5.74) is 6.37. The first-order chi connectivity index (χ1) is 5.77. The Morgan fingerprint density at radius 3 is 2.92 bits per heavy atom. The van der Waals surface area contributed by atoms with E-state index in [-0.39, 0.29) is 0 Å². The van der Waals surface area contributed by atoms with Crippen molar-refractivity contribution in [2.45, 2.75) is 0 Å². The smallest absolute Gasteiger partial charge is 0.0580 e. The number of hydrogen-bond acceptors (Lipinski definition) is 2. The van der Waals surface area contributed by atoms with Gasteiger partial charge in [0.05, 0.1) is 11.9 Å². The van der Waals surface area contributed by atoms with Crippen LogP contribution in [0.4, 0.5) is 5.69 Å². The van der Waals surface area contributed by atoms with Gasteiger partial charge in [-0.2, -0.15) is 0 Å². The Morgan fingerprint density at radius 2 is 2.08 bits per heavy atom. The third-order valence-electron chi connectivity index (χ3n) is 1.75. The molecule has 60 valence electrons. The molecule has 2 nitrogen and oxygen atoms in total. The maximum atomic E-state index is 5.81. The SMILES string of the molecule is Nc1cncc2ccc(Cl)cc12. The number of fused-ring (bicyclic) bond motifs is 1. The van der Waals surface area contributed by atoms with Crippen molar-refractivity contribution in [1.29, 1.82) is 0 Å². The summed E-state index contributed by atoms with van der Waals surface area (Å²) < 4.78 is 0. The van der Waals surface area contributed by atoms with Gasteiger partial charge in [0.1, 0.15) is 0 Å². The molecule has 0 aliphatic heterocycles. The number of hydrogen-bond donors (Lipinski definition) is 1. The highest BCUT2D eigenvalue weighted by atomic mass is 35.5. The van der Waals surface area contributed by atoms with Gasteiger partial charge in [-0.1, -0.05) is 17.7 Å². The molecule has 0 unspecified atom stereocenters. The first-order valence-corrected chi connectivity index (χ1v) is 3.94. The summed E-state index contributed by atoms with van der Waals surface area (Å²) in [6, 6.07) is 5.57.